The maximum Gasteiger partial charge on any atom is 0.0893 e. The average molecular weight is 277 g/mol. The fourth-order valence-electron chi connectivity index (χ4n) is 1.07. The van der Waals surface area contributed by atoms with Crippen LogP contribution in [-0.2, 0) is 0 Å². The van der Waals surface area contributed by atoms with Crippen molar-refractivity contribution < 1.29 is 5.11 Å². The van der Waals surface area contributed by atoms with Crippen LogP contribution in [0.4, 0.5) is 0 Å². The minimum absolute atomic E-state index is 0.278. The van der Waals surface area contributed by atoms with Crippen molar-refractivity contribution in [3.63, 3.8) is 0 Å². The van der Waals surface area contributed by atoms with Crippen LogP contribution in [0.5, 0.6) is 0 Å². The van der Waals surface area contributed by atoms with E-state index in [1.165, 1.54) is 0 Å². The molecule has 1 aromatic rings. The monoisotopic (exact) mass is 276 g/mol. The normalized spacial score (nSPS) is 11.6. The molecule has 1 aromatic heterocycles. The van der Waals surface area contributed by atoms with E-state index in [0.717, 1.165) is 28.6 Å². The summed E-state index contributed by atoms with van der Waals surface area (Å²) in [6, 6.07) is 1.98. The van der Waals surface area contributed by atoms with Gasteiger partial charge in [-0.1, -0.05) is 19.8 Å². The molecular formula is C11H17BrOS. The van der Waals surface area contributed by atoms with E-state index in [-0.39, 0.29) is 6.10 Å². The standard InChI is InChI=1S/C9H13BrOS.C2H4/c1-2-3-4-8(11)9-7(10)5-6-12-9;1-2/h5-6,8,11H,2-4H2,1H3;1-2H2. The van der Waals surface area contributed by atoms with Gasteiger partial charge < -0.3 is 5.11 Å². The van der Waals surface area contributed by atoms with Gasteiger partial charge in [0.15, 0.2) is 0 Å². The zero-order valence-electron chi connectivity index (χ0n) is 8.50. The Hall–Kier alpha value is -0.120. The van der Waals surface area contributed by atoms with E-state index in [2.05, 4.69) is 36.0 Å². The van der Waals surface area contributed by atoms with E-state index in [4.69, 9.17) is 0 Å². The van der Waals surface area contributed by atoms with Crippen LogP contribution in [0.3, 0.4) is 0 Å². The number of hydrogen-bond acceptors (Lipinski definition) is 2. The van der Waals surface area contributed by atoms with Crippen LogP contribution in [-0.4, -0.2) is 5.11 Å². The lowest BCUT2D eigenvalue weighted by Crippen LogP contribution is -1.94. The molecule has 0 aliphatic carbocycles. The van der Waals surface area contributed by atoms with Crippen molar-refractivity contribution >= 4 is 27.3 Å². The second kappa shape index (κ2) is 8.21. The fraction of sp³-hybridized carbons (Fsp3) is 0.455. The van der Waals surface area contributed by atoms with Gasteiger partial charge in [-0.3, -0.25) is 0 Å². The first kappa shape index (κ1) is 13.9. The molecule has 0 aliphatic rings. The van der Waals surface area contributed by atoms with Gasteiger partial charge in [0.2, 0.25) is 0 Å². The molecule has 0 fully saturated rings. The highest BCUT2D eigenvalue weighted by Crippen LogP contribution is 2.31. The van der Waals surface area contributed by atoms with Crippen molar-refractivity contribution in [2.24, 2.45) is 0 Å². The molecule has 0 saturated carbocycles. The molecule has 0 bridgehead atoms. The zero-order valence-corrected chi connectivity index (χ0v) is 10.9. The maximum absolute atomic E-state index is 9.70. The largest absolute Gasteiger partial charge is 0.388 e. The van der Waals surface area contributed by atoms with Gasteiger partial charge in [-0.05, 0) is 33.8 Å². The highest BCUT2D eigenvalue weighted by atomic mass is 79.9. The molecule has 0 saturated heterocycles. The second-order valence-electron chi connectivity index (χ2n) is 2.79. The molecule has 3 heteroatoms. The van der Waals surface area contributed by atoms with Crippen LogP contribution in [0.15, 0.2) is 29.1 Å². The first-order valence-electron chi connectivity index (χ1n) is 4.66. The smallest absolute Gasteiger partial charge is 0.0893 e. The van der Waals surface area contributed by atoms with Crippen LogP contribution >= 0.6 is 27.3 Å². The Bertz CT molecular complexity index is 247. The van der Waals surface area contributed by atoms with Crippen LogP contribution in [0, 0.1) is 0 Å². The summed E-state index contributed by atoms with van der Waals surface area (Å²) >= 11 is 5.02. The minimum Gasteiger partial charge on any atom is -0.388 e. The van der Waals surface area contributed by atoms with Crippen molar-refractivity contribution in [1.29, 1.82) is 0 Å². The summed E-state index contributed by atoms with van der Waals surface area (Å²) in [4.78, 5) is 1.06. The van der Waals surface area contributed by atoms with Crippen LogP contribution < -0.4 is 0 Å². The van der Waals surface area contributed by atoms with Crippen LogP contribution in [0.25, 0.3) is 0 Å². The molecule has 14 heavy (non-hydrogen) atoms. The molecule has 1 nitrogen and oxygen atoms in total. The lowest BCUT2D eigenvalue weighted by molar-refractivity contribution is 0.167. The third-order valence-corrected chi connectivity index (χ3v) is 3.75. The minimum atomic E-state index is -0.278. The first-order chi connectivity index (χ1) is 6.75. The molecule has 0 amide bonds. The van der Waals surface area contributed by atoms with E-state index >= 15 is 0 Å². The number of rotatable bonds is 4. The lowest BCUT2D eigenvalue weighted by Gasteiger charge is -2.07. The van der Waals surface area contributed by atoms with E-state index in [9.17, 15) is 5.11 Å². The maximum atomic E-state index is 9.70. The SMILES string of the molecule is C=C.CCCCC(O)c1sccc1Br. The van der Waals surface area contributed by atoms with Gasteiger partial charge in [0.05, 0.1) is 6.10 Å². The van der Waals surface area contributed by atoms with Gasteiger partial charge in [-0.2, -0.15) is 0 Å². The average Bonchev–Trinajstić information content (AvgIpc) is 2.64. The molecule has 0 spiro atoms. The van der Waals surface area contributed by atoms with Gasteiger partial charge in [0, 0.05) is 9.35 Å². The van der Waals surface area contributed by atoms with Crippen molar-refractivity contribution in [1.82, 2.24) is 0 Å². The number of halogens is 1. The summed E-state index contributed by atoms with van der Waals surface area (Å²) in [6.45, 7) is 8.14. The van der Waals surface area contributed by atoms with E-state index in [0.29, 0.717) is 0 Å². The molecule has 1 heterocycles. The summed E-state index contributed by atoms with van der Waals surface area (Å²) < 4.78 is 1.04. The van der Waals surface area contributed by atoms with Crippen LogP contribution in [0.1, 0.15) is 37.2 Å². The van der Waals surface area contributed by atoms with E-state index in [1.54, 1.807) is 11.3 Å². The van der Waals surface area contributed by atoms with Crippen LogP contribution in [0.2, 0.25) is 0 Å². The molecule has 80 valence electrons. The quantitative estimate of drug-likeness (QED) is 0.801. The highest BCUT2D eigenvalue weighted by molar-refractivity contribution is 9.10. The molecule has 1 N–H and O–H groups in total. The van der Waals surface area contributed by atoms with Gasteiger partial charge >= 0.3 is 0 Å². The van der Waals surface area contributed by atoms with Gasteiger partial charge in [-0.15, -0.1) is 24.5 Å². The van der Waals surface area contributed by atoms with Gasteiger partial charge in [0.1, 0.15) is 0 Å². The molecule has 1 rings (SSSR count). The predicted molar refractivity (Wildman–Crippen MR) is 67.8 cm³/mol. The Labute approximate surface area is 98.6 Å². The first-order valence-corrected chi connectivity index (χ1v) is 6.34. The Kier molecular flexibility index (Phi) is 8.14. The van der Waals surface area contributed by atoms with Gasteiger partial charge in [0.25, 0.3) is 0 Å². The summed E-state index contributed by atoms with van der Waals surface area (Å²) in [5.74, 6) is 0. The molecule has 0 aliphatic heterocycles. The van der Waals surface area contributed by atoms with Crippen molar-refractivity contribution in [2.45, 2.75) is 32.3 Å². The Morgan fingerprint density at radius 1 is 1.57 bits per heavy atom. The summed E-state index contributed by atoms with van der Waals surface area (Å²) in [7, 11) is 0. The molecular weight excluding hydrogens is 260 g/mol. The molecule has 0 aromatic carbocycles. The third-order valence-electron chi connectivity index (χ3n) is 1.78. The molecule has 1 atom stereocenters. The van der Waals surface area contributed by atoms with Crippen molar-refractivity contribution in [3.8, 4) is 0 Å². The van der Waals surface area contributed by atoms with Gasteiger partial charge in [-0.25, -0.2) is 0 Å². The number of hydrogen-bond donors (Lipinski definition) is 1. The Balaban J connectivity index is 0.000000791. The number of thiophene rings is 1. The van der Waals surface area contributed by atoms with Crippen molar-refractivity contribution in [2.75, 3.05) is 0 Å². The van der Waals surface area contributed by atoms with E-state index in [1.807, 2.05) is 11.4 Å². The highest BCUT2D eigenvalue weighted by Gasteiger charge is 2.11. The summed E-state index contributed by atoms with van der Waals surface area (Å²) in [5.41, 5.74) is 0. The fourth-order valence-corrected chi connectivity index (χ4v) is 2.73. The predicted octanol–water partition coefficient (Wildman–Crippen LogP) is 4.54. The number of unbranched alkanes of at least 4 members (excludes halogenated alkanes) is 1. The lowest BCUT2D eigenvalue weighted by atomic mass is 10.1. The summed E-state index contributed by atoms with van der Waals surface area (Å²) in [5, 5.41) is 11.7. The second-order valence-corrected chi connectivity index (χ2v) is 4.59. The Morgan fingerprint density at radius 2 is 2.21 bits per heavy atom. The topological polar surface area (TPSA) is 20.2 Å². The van der Waals surface area contributed by atoms with Crippen molar-refractivity contribution in [3.05, 3.63) is 34.0 Å². The number of aliphatic hydroxyl groups excluding tert-OH is 1. The third kappa shape index (κ3) is 4.40. The number of aliphatic hydroxyl groups is 1. The zero-order chi connectivity index (χ0) is 11.0. The molecule has 1 unspecified atom stereocenters. The summed E-state index contributed by atoms with van der Waals surface area (Å²) in [6.07, 6.45) is 2.82. The Morgan fingerprint density at radius 3 is 2.64 bits per heavy atom. The molecule has 0 radical (unpaired) electrons. The van der Waals surface area contributed by atoms with E-state index < -0.39 is 0 Å².